The second kappa shape index (κ2) is 8.40. The SMILES string of the molecule is C=CCOC(=O)N1CCN(C(=O)c2cc(S(=O)(=O)N(C)C)ccc2N)CC1. The van der Waals surface area contributed by atoms with Crippen molar-refractivity contribution in [2.75, 3.05) is 52.6 Å². The summed E-state index contributed by atoms with van der Waals surface area (Å²) in [6.07, 6.45) is 1.02. The van der Waals surface area contributed by atoms with Crippen LogP contribution in [-0.2, 0) is 14.8 Å². The van der Waals surface area contributed by atoms with Gasteiger partial charge in [-0.05, 0) is 18.2 Å². The Bertz CT molecular complexity index is 830. The lowest BCUT2D eigenvalue weighted by atomic mass is 10.1. The number of piperazine rings is 1. The zero-order valence-electron chi connectivity index (χ0n) is 15.4. The molecular weight excluding hydrogens is 372 g/mol. The molecule has 1 aliphatic rings. The van der Waals surface area contributed by atoms with E-state index in [4.69, 9.17) is 10.5 Å². The first-order valence-electron chi connectivity index (χ1n) is 8.32. The van der Waals surface area contributed by atoms with Crippen LogP contribution in [0, 0.1) is 0 Å². The van der Waals surface area contributed by atoms with Gasteiger partial charge < -0.3 is 20.3 Å². The molecule has 9 nitrogen and oxygen atoms in total. The molecule has 0 saturated carbocycles. The fourth-order valence-corrected chi connectivity index (χ4v) is 3.50. The van der Waals surface area contributed by atoms with Gasteiger partial charge in [0, 0.05) is 46.0 Å². The Labute approximate surface area is 159 Å². The van der Waals surface area contributed by atoms with Gasteiger partial charge in [0.1, 0.15) is 6.61 Å². The van der Waals surface area contributed by atoms with E-state index in [-0.39, 0.29) is 28.7 Å². The first-order valence-corrected chi connectivity index (χ1v) is 9.76. The third-order valence-corrected chi connectivity index (χ3v) is 5.99. The zero-order chi connectivity index (χ0) is 20.2. The van der Waals surface area contributed by atoms with Crippen LogP contribution in [0.1, 0.15) is 10.4 Å². The molecule has 10 heteroatoms. The van der Waals surface area contributed by atoms with E-state index in [1.807, 2.05) is 0 Å². The van der Waals surface area contributed by atoms with Crippen molar-refractivity contribution in [2.24, 2.45) is 0 Å². The first kappa shape index (κ1) is 20.7. The maximum atomic E-state index is 12.8. The predicted molar refractivity (Wildman–Crippen MR) is 101 cm³/mol. The maximum absolute atomic E-state index is 12.8. The molecule has 2 N–H and O–H groups in total. The highest BCUT2D eigenvalue weighted by Gasteiger charge is 2.28. The number of anilines is 1. The molecule has 1 heterocycles. The molecule has 27 heavy (non-hydrogen) atoms. The summed E-state index contributed by atoms with van der Waals surface area (Å²) in [6.45, 7) is 4.84. The van der Waals surface area contributed by atoms with Gasteiger partial charge in [-0.1, -0.05) is 12.7 Å². The molecule has 1 aliphatic heterocycles. The standard InChI is InChI=1S/C17H24N4O5S/c1-4-11-26-17(23)21-9-7-20(8-10-21)16(22)14-12-13(5-6-15(14)18)27(24,25)19(2)3/h4-6,12H,1,7-11,18H2,2-3H3. The van der Waals surface area contributed by atoms with E-state index in [1.54, 1.807) is 0 Å². The van der Waals surface area contributed by atoms with Crippen LogP contribution in [0.3, 0.4) is 0 Å². The van der Waals surface area contributed by atoms with Crippen molar-refractivity contribution in [3.05, 3.63) is 36.4 Å². The summed E-state index contributed by atoms with van der Waals surface area (Å²) in [5.41, 5.74) is 6.22. The van der Waals surface area contributed by atoms with Crippen molar-refractivity contribution in [1.82, 2.24) is 14.1 Å². The van der Waals surface area contributed by atoms with Crippen molar-refractivity contribution in [2.45, 2.75) is 4.90 Å². The molecule has 0 unspecified atom stereocenters. The van der Waals surface area contributed by atoms with Crippen molar-refractivity contribution in [1.29, 1.82) is 0 Å². The van der Waals surface area contributed by atoms with E-state index < -0.39 is 16.1 Å². The Balaban J connectivity index is 2.13. The highest BCUT2D eigenvalue weighted by molar-refractivity contribution is 7.89. The number of carbonyl (C=O) groups is 2. The van der Waals surface area contributed by atoms with Gasteiger partial charge in [0.15, 0.2) is 0 Å². The van der Waals surface area contributed by atoms with E-state index in [9.17, 15) is 18.0 Å². The number of amides is 2. The number of nitrogens with two attached hydrogens (primary N) is 1. The van der Waals surface area contributed by atoms with Crippen LogP contribution < -0.4 is 5.73 Å². The Kier molecular flexibility index (Phi) is 6.45. The summed E-state index contributed by atoms with van der Waals surface area (Å²) in [7, 11) is -0.851. The number of nitrogens with zero attached hydrogens (tertiary/aromatic N) is 3. The molecule has 0 bridgehead atoms. The second-order valence-corrected chi connectivity index (χ2v) is 8.33. The summed E-state index contributed by atoms with van der Waals surface area (Å²) in [4.78, 5) is 27.7. The van der Waals surface area contributed by atoms with Crippen LogP contribution in [0.2, 0.25) is 0 Å². The number of nitrogen functional groups attached to an aromatic ring is 1. The van der Waals surface area contributed by atoms with E-state index in [0.29, 0.717) is 26.2 Å². The van der Waals surface area contributed by atoms with Crippen LogP contribution in [0.4, 0.5) is 10.5 Å². The van der Waals surface area contributed by atoms with Crippen molar-refractivity contribution in [3.8, 4) is 0 Å². The van der Waals surface area contributed by atoms with E-state index in [1.165, 1.54) is 48.2 Å². The summed E-state index contributed by atoms with van der Waals surface area (Å²) < 4.78 is 30.6. The van der Waals surface area contributed by atoms with Gasteiger partial charge in [-0.15, -0.1) is 0 Å². The molecule has 148 valence electrons. The lowest BCUT2D eigenvalue weighted by Crippen LogP contribution is -2.50. The van der Waals surface area contributed by atoms with E-state index in [2.05, 4.69) is 6.58 Å². The number of hydrogen-bond acceptors (Lipinski definition) is 6. The van der Waals surface area contributed by atoms with Gasteiger partial charge in [-0.2, -0.15) is 0 Å². The zero-order valence-corrected chi connectivity index (χ0v) is 16.2. The molecule has 1 fully saturated rings. The molecule has 0 aliphatic carbocycles. The van der Waals surface area contributed by atoms with Gasteiger partial charge in [0.05, 0.1) is 10.5 Å². The van der Waals surface area contributed by atoms with E-state index >= 15 is 0 Å². The monoisotopic (exact) mass is 396 g/mol. The van der Waals surface area contributed by atoms with Gasteiger partial charge in [0.25, 0.3) is 5.91 Å². The van der Waals surface area contributed by atoms with Crippen LogP contribution in [0.5, 0.6) is 0 Å². The minimum Gasteiger partial charge on any atom is -0.445 e. The molecule has 1 aromatic carbocycles. The largest absolute Gasteiger partial charge is 0.445 e. The molecule has 2 rings (SSSR count). The molecule has 1 saturated heterocycles. The van der Waals surface area contributed by atoms with Gasteiger partial charge in [-0.3, -0.25) is 4.79 Å². The van der Waals surface area contributed by atoms with Gasteiger partial charge in [-0.25, -0.2) is 17.5 Å². The summed E-state index contributed by atoms with van der Waals surface area (Å²) in [5, 5.41) is 0. The van der Waals surface area contributed by atoms with E-state index in [0.717, 1.165) is 4.31 Å². The molecule has 0 radical (unpaired) electrons. The first-order chi connectivity index (χ1) is 12.7. The Morgan fingerprint density at radius 1 is 1.22 bits per heavy atom. The Hall–Kier alpha value is -2.59. The summed E-state index contributed by atoms with van der Waals surface area (Å²) >= 11 is 0. The fourth-order valence-electron chi connectivity index (χ4n) is 2.58. The minimum atomic E-state index is -3.68. The molecule has 0 aromatic heterocycles. The normalized spacial score (nSPS) is 14.9. The average molecular weight is 396 g/mol. The average Bonchev–Trinajstić information content (AvgIpc) is 2.65. The van der Waals surface area contributed by atoms with Crippen molar-refractivity contribution < 1.29 is 22.7 Å². The lowest BCUT2D eigenvalue weighted by molar-refractivity contribution is 0.0581. The second-order valence-electron chi connectivity index (χ2n) is 6.18. The van der Waals surface area contributed by atoms with Gasteiger partial charge >= 0.3 is 6.09 Å². The van der Waals surface area contributed by atoms with Crippen LogP contribution in [-0.4, -0.2) is 81.4 Å². The topological polar surface area (TPSA) is 113 Å². The third kappa shape index (κ3) is 4.58. The number of hydrogen-bond donors (Lipinski definition) is 1. The third-order valence-electron chi connectivity index (χ3n) is 4.18. The van der Waals surface area contributed by atoms with Crippen LogP contribution in [0.15, 0.2) is 35.7 Å². The number of ether oxygens (including phenoxy) is 1. The van der Waals surface area contributed by atoms with Crippen molar-refractivity contribution >= 4 is 27.7 Å². The highest BCUT2D eigenvalue weighted by atomic mass is 32.2. The van der Waals surface area contributed by atoms with Crippen molar-refractivity contribution in [3.63, 3.8) is 0 Å². The quantitative estimate of drug-likeness (QED) is 0.576. The molecular formula is C17H24N4O5S. The van der Waals surface area contributed by atoms with Crippen LogP contribution >= 0.6 is 0 Å². The maximum Gasteiger partial charge on any atom is 0.410 e. The molecule has 2 amide bonds. The molecule has 1 aromatic rings. The molecule has 0 spiro atoms. The predicted octanol–water partition coefficient (Wildman–Crippen LogP) is 0.600. The summed E-state index contributed by atoms with van der Waals surface area (Å²) in [5.74, 6) is -0.373. The number of carbonyl (C=O) groups excluding carboxylic acids is 2. The van der Waals surface area contributed by atoms with Crippen LogP contribution in [0.25, 0.3) is 0 Å². The number of rotatable bonds is 5. The van der Waals surface area contributed by atoms with Gasteiger partial charge in [0.2, 0.25) is 10.0 Å². The lowest BCUT2D eigenvalue weighted by Gasteiger charge is -2.34. The fraction of sp³-hybridized carbons (Fsp3) is 0.412. The Morgan fingerprint density at radius 3 is 2.37 bits per heavy atom. The minimum absolute atomic E-state index is 0.00307. The number of sulfonamides is 1. The number of benzene rings is 1. The molecule has 0 atom stereocenters. The Morgan fingerprint density at radius 2 is 1.81 bits per heavy atom. The summed E-state index contributed by atoms with van der Waals surface area (Å²) in [6, 6.07) is 4.07. The highest BCUT2D eigenvalue weighted by Crippen LogP contribution is 2.22. The smallest absolute Gasteiger partial charge is 0.410 e.